The molecule has 8 heterocycles. The van der Waals surface area contributed by atoms with Crippen LogP contribution < -0.4 is 0 Å². The van der Waals surface area contributed by atoms with Gasteiger partial charge in [-0.1, -0.05) is 388 Å². The van der Waals surface area contributed by atoms with E-state index >= 15 is 0 Å². The van der Waals surface area contributed by atoms with Gasteiger partial charge in [-0.2, -0.15) is 9.97 Å². The monoisotopic (exact) mass is 1790 g/mol. The number of hydrogen-bond donors (Lipinski definition) is 0. The van der Waals surface area contributed by atoms with Crippen LogP contribution in [0.3, 0.4) is 0 Å². The van der Waals surface area contributed by atoms with E-state index in [9.17, 15) is 0 Å². The van der Waals surface area contributed by atoms with Crippen LogP contribution in [0.15, 0.2) is 479 Å². The molecule has 0 aliphatic heterocycles. The molecule has 0 bridgehead atoms. The minimum atomic E-state index is 0.600. The quantitative estimate of drug-likeness (QED) is 0.106. The second-order valence-electron chi connectivity index (χ2n) is 34.0. The van der Waals surface area contributed by atoms with E-state index in [2.05, 4.69) is 335 Å². The molecule has 642 valence electrons. The van der Waals surface area contributed by atoms with Crippen LogP contribution >= 0.6 is 22.7 Å². The van der Waals surface area contributed by atoms with Crippen LogP contribution in [0.5, 0.6) is 0 Å². The molecular formula is C124H79N11S2. The van der Waals surface area contributed by atoms with Gasteiger partial charge in [0.2, 0.25) is 5.95 Å². The number of aromatic nitrogens is 11. The van der Waals surface area contributed by atoms with Crippen LogP contribution in [-0.4, -0.2) is 53.6 Å². The van der Waals surface area contributed by atoms with Crippen LogP contribution in [0.2, 0.25) is 0 Å². The molecule has 0 unspecified atom stereocenters. The van der Waals surface area contributed by atoms with E-state index in [1.807, 2.05) is 180 Å². The van der Waals surface area contributed by atoms with E-state index in [1.165, 1.54) is 106 Å². The Morgan fingerprint density at radius 1 is 0.153 bits per heavy atom. The highest BCUT2D eigenvalue weighted by Gasteiger charge is 2.24. The molecular weight excluding hydrogens is 1710 g/mol. The highest BCUT2D eigenvalue weighted by molar-refractivity contribution is 7.26. The first kappa shape index (κ1) is 81.1. The minimum Gasteiger partial charge on any atom is -0.309 e. The highest BCUT2D eigenvalue weighted by Crippen LogP contribution is 2.46. The molecule has 13 heteroatoms. The molecule has 0 aliphatic carbocycles. The first-order valence-corrected chi connectivity index (χ1v) is 47.5. The van der Waals surface area contributed by atoms with Crippen molar-refractivity contribution < 1.29 is 0 Å². The number of nitrogens with zero attached hydrogens (tertiary/aromatic N) is 11. The zero-order valence-corrected chi connectivity index (χ0v) is 75.5. The normalized spacial score (nSPS) is 11.5. The van der Waals surface area contributed by atoms with Gasteiger partial charge in [0.05, 0.1) is 44.5 Å². The summed E-state index contributed by atoms with van der Waals surface area (Å²) >= 11 is 3.73. The second kappa shape index (κ2) is 35.0. The van der Waals surface area contributed by atoms with Crippen molar-refractivity contribution >= 4 is 128 Å². The molecule has 0 saturated heterocycles. The van der Waals surface area contributed by atoms with Gasteiger partial charge >= 0.3 is 0 Å². The highest BCUT2D eigenvalue weighted by atomic mass is 32.1. The fraction of sp³-hybridized carbons (Fsp3) is 0. The van der Waals surface area contributed by atoms with Gasteiger partial charge in [-0.3, -0.25) is 4.57 Å². The molecule has 0 amide bonds. The van der Waals surface area contributed by atoms with Crippen molar-refractivity contribution in [1.29, 1.82) is 0 Å². The van der Waals surface area contributed by atoms with Crippen LogP contribution in [0.4, 0.5) is 0 Å². The maximum Gasteiger partial charge on any atom is 0.238 e. The topological polar surface area (TPSA) is 118 Å². The second-order valence-corrected chi connectivity index (χ2v) is 36.1. The van der Waals surface area contributed by atoms with Gasteiger partial charge in [0.1, 0.15) is 0 Å². The van der Waals surface area contributed by atoms with E-state index in [1.54, 1.807) is 0 Å². The van der Waals surface area contributed by atoms with E-state index in [0.717, 1.165) is 100 Å². The molecule has 0 fully saturated rings. The molecule has 0 spiro atoms. The van der Waals surface area contributed by atoms with Crippen LogP contribution in [0, 0.1) is 0 Å². The predicted octanol–water partition coefficient (Wildman–Crippen LogP) is 32.6. The largest absolute Gasteiger partial charge is 0.309 e. The van der Waals surface area contributed by atoms with Crippen molar-refractivity contribution in [2.75, 3.05) is 0 Å². The summed E-state index contributed by atoms with van der Waals surface area (Å²) in [4.78, 5) is 39.9. The molecule has 0 radical (unpaired) electrons. The summed E-state index contributed by atoms with van der Waals surface area (Å²) in [5.74, 6) is 4.55. The number of thiophene rings is 2. The number of rotatable bonds is 14. The lowest BCUT2D eigenvalue weighted by Gasteiger charge is -2.12. The van der Waals surface area contributed by atoms with E-state index < -0.39 is 0 Å². The molecule has 0 N–H and O–H groups in total. The lowest BCUT2D eigenvalue weighted by Crippen LogP contribution is -2.06. The maximum absolute atomic E-state index is 5.06. The lowest BCUT2D eigenvalue weighted by atomic mass is 10.0. The van der Waals surface area contributed by atoms with Crippen LogP contribution in [-0.2, 0) is 0 Å². The molecule has 27 rings (SSSR count). The van der Waals surface area contributed by atoms with Gasteiger partial charge in [0.25, 0.3) is 0 Å². The molecule has 0 saturated carbocycles. The Morgan fingerprint density at radius 2 is 0.438 bits per heavy atom. The zero-order valence-electron chi connectivity index (χ0n) is 73.8. The van der Waals surface area contributed by atoms with Gasteiger partial charge in [-0.15, -0.1) is 22.7 Å². The lowest BCUT2D eigenvalue weighted by molar-refractivity contribution is 0.953. The fourth-order valence-corrected chi connectivity index (χ4v) is 21.7. The van der Waals surface area contributed by atoms with Gasteiger partial charge in [-0.05, 0) is 124 Å². The summed E-state index contributed by atoms with van der Waals surface area (Å²) < 4.78 is 12.1. The Labute approximate surface area is 796 Å². The van der Waals surface area contributed by atoms with Crippen molar-refractivity contribution in [1.82, 2.24) is 53.6 Å². The average Bonchev–Trinajstić information content (AvgIpc) is 1.58. The third-order valence-electron chi connectivity index (χ3n) is 25.8. The third-order valence-corrected chi connectivity index (χ3v) is 28.2. The smallest absolute Gasteiger partial charge is 0.238 e. The summed E-state index contributed by atoms with van der Waals surface area (Å²) in [6, 6.07) is 168. The number of benzene rings is 19. The summed E-state index contributed by atoms with van der Waals surface area (Å²) in [6.45, 7) is 0. The maximum atomic E-state index is 5.06. The Bertz CT molecular complexity index is 9030. The first-order valence-electron chi connectivity index (χ1n) is 45.8. The van der Waals surface area contributed by atoms with Gasteiger partial charge in [0.15, 0.2) is 34.9 Å². The Hall–Kier alpha value is -17.9. The summed E-state index contributed by atoms with van der Waals surface area (Å²) in [5.41, 5.74) is 26.0. The minimum absolute atomic E-state index is 0.600. The standard InChI is InChI=1S/C45H28N4S.C40H27N3.C39H24N4S/c1-3-13-29(14-4-1)43-46-44(30-15-5-2-6-16-30)48-45(47-43)32-17-11-18-33(27-32)49-39-23-9-7-19-35(39)38-28-31(25-26-40(38)49)34-21-12-22-37-36-20-8-10-24-41(36)50-42(34)37;1-3-11-30(12-4-1)36-27-37(31-13-5-2-6-14-31)42-40(41-36)32-21-19-28(20-22-32)29-23-25-33(26-24-29)43-38-17-9-7-15-34(38)35-16-8-10-18-39(35)43;1-3-12-25(13-4-1)37-40-38(26-14-5-2-6-15-26)42-39(41-37)43-33-20-9-7-16-29(33)32-24-27(22-23-34(32)43)28-18-11-19-31-30-17-8-10-21-35(30)44-36(28)31/h1-28H;1-27H;1-24H. The van der Waals surface area contributed by atoms with Crippen molar-refractivity contribution in [2.45, 2.75) is 0 Å². The first-order chi connectivity index (χ1) is 67.9. The molecule has 0 aliphatic rings. The number of hydrogen-bond acceptors (Lipinski definition) is 10. The Kier molecular flexibility index (Phi) is 20.7. The average molecular weight is 1790 g/mol. The molecule has 19 aromatic carbocycles. The zero-order chi connectivity index (χ0) is 90.6. The summed E-state index contributed by atoms with van der Waals surface area (Å²) in [7, 11) is 0. The van der Waals surface area contributed by atoms with Crippen LogP contribution in [0.25, 0.3) is 247 Å². The van der Waals surface area contributed by atoms with E-state index in [4.69, 9.17) is 39.9 Å². The Morgan fingerprint density at radius 3 is 0.869 bits per heavy atom. The van der Waals surface area contributed by atoms with Crippen molar-refractivity contribution in [3.63, 3.8) is 0 Å². The fourth-order valence-electron chi connectivity index (χ4n) is 19.2. The SMILES string of the molecule is c1ccc(-c2cc(-c3ccccc3)nc(-c3ccc(-c4ccc(-n5c6ccccc6c6ccccc65)cc4)cc3)n2)cc1.c1ccc(-c2nc(-c3ccccc3)nc(-c3cccc(-n4c5ccccc5c5cc(-c6cccc7c6sc6ccccc67)ccc54)c3)n2)cc1.c1ccc(-c2nc(-c3ccccc3)nc(-n3c4ccccc4c4cc(-c5cccc6c5sc5ccccc56)ccc43)n2)cc1. The van der Waals surface area contributed by atoms with Gasteiger partial charge < -0.3 is 9.13 Å². The van der Waals surface area contributed by atoms with E-state index in [-0.39, 0.29) is 0 Å². The molecule has 27 aromatic rings. The van der Waals surface area contributed by atoms with E-state index in [0.29, 0.717) is 40.9 Å². The third kappa shape index (κ3) is 15.2. The summed E-state index contributed by atoms with van der Waals surface area (Å²) in [6.07, 6.45) is 0. The van der Waals surface area contributed by atoms with Crippen molar-refractivity contribution in [2.24, 2.45) is 0 Å². The number of para-hydroxylation sites is 4. The molecule has 0 atom stereocenters. The molecule has 8 aromatic heterocycles. The molecule has 137 heavy (non-hydrogen) atoms. The Balaban J connectivity index is 0.000000110. The number of fused-ring (bicyclic) bond motifs is 15. The van der Waals surface area contributed by atoms with Gasteiger partial charge in [-0.25, -0.2) is 29.9 Å². The van der Waals surface area contributed by atoms with Crippen LogP contribution in [0.1, 0.15) is 0 Å². The van der Waals surface area contributed by atoms with Gasteiger partial charge in [0, 0.05) is 129 Å². The summed E-state index contributed by atoms with van der Waals surface area (Å²) in [5, 5.41) is 12.6. The predicted molar refractivity (Wildman–Crippen MR) is 570 cm³/mol. The molecule has 11 nitrogen and oxygen atoms in total. The van der Waals surface area contributed by atoms with Crippen molar-refractivity contribution in [3.8, 4) is 142 Å². The van der Waals surface area contributed by atoms with Crippen molar-refractivity contribution in [3.05, 3.63) is 479 Å².